The summed E-state index contributed by atoms with van der Waals surface area (Å²) in [7, 11) is 0. The summed E-state index contributed by atoms with van der Waals surface area (Å²) in [5.74, 6) is 0.727. The average Bonchev–Trinajstić information content (AvgIpc) is 3.46. The number of amides is 1. The number of aromatic nitrogens is 5. The lowest BCUT2D eigenvalue weighted by atomic mass is 10.1. The third kappa shape index (κ3) is 3.54. The normalized spacial score (nSPS) is 16.3. The fourth-order valence-corrected chi connectivity index (χ4v) is 4.10. The predicted molar refractivity (Wildman–Crippen MR) is 113 cm³/mol. The van der Waals surface area contributed by atoms with E-state index >= 15 is 0 Å². The van der Waals surface area contributed by atoms with Crippen LogP contribution in [0.15, 0.2) is 67.1 Å². The molecule has 3 aromatic heterocycles. The molecule has 7 nitrogen and oxygen atoms in total. The van der Waals surface area contributed by atoms with Crippen LogP contribution in [-0.2, 0) is 11.3 Å². The standard InChI is InChI=1S/C23H22N6O/c30-22(11-15-29-20-8-2-1-6-17(20)16-26-29)28-14-5-9-21(28)18-10-13-25-23(27-18)19-7-3-4-12-24-19/h1-4,6-8,10,12-13,16,21H,5,9,11,14-15H2. The Bertz CT molecular complexity index is 1170. The number of aryl methyl sites for hydroxylation is 1. The fourth-order valence-electron chi connectivity index (χ4n) is 4.10. The highest BCUT2D eigenvalue weighted by Crippen LogP contribution is 2.32. The zero-order valence-corrected chi connectivity index (χ0v) is 16.6. The highest BCUT2D eigenvalue weighted by atomic mass is 16.2. The highest BCUT2D eigenvalue weighted by Gasteiger charge is 2.31. The number of hydrogen-bond acceptors (Lipinski definition) is 5. The van der Waals surface area contributed by atoms with Gasteiger partial charge >= 0.3 is 0 Å². The number of carbonyl (C=O) groups excluding carboxylic acids is 1. The molecule has 1 atom stereocenters. The van der Waals surface area contributed by atoms with E-state index in [0.717, 1.165) is 41.7 Å². The second-order valence-electron chi connectivity index (χ2n) is 7.44. The molecular weight excluding hydrogens is 376 g/mol. The van der Waals surface area contributed by atoms with Gasteiger partial charge < -0.3 is 4.90 Å². The number of pyridine rings is 1. The monoisotopic (exact) mass is 398 g/mol. The van der Waals surface area contributed by atoms with Crippen LogP contribution in [0, 0.1) is 0 Å². The van der Waals surface area contributed by atoms with Crippen LogP contribution in [0.4, 0.5) is 0 Å². The maximum Gasteiger partial charge on any atom is 0.225 e. The molecule has 4 heterocycles. The Morgan fingerprint density at radius 2 is 1.93 bits per heavy atom. The number of para-hydroxylation sites is 1. The molecule has 0 N–H and O–H groups in total. The quantitative estimate of drug-likeness (QED) is 0.513. The second kappa shape index (κ2) is 8.02. The number of carbonyl (C=O) groups is 1. The van der Waals surface area contributed by atoms with Gasteiger partial charge in [-0.05, 0) is 37.1 Å². The number of hydrogen-bond donors (Lipinski definition) is 0. The van der Waals surface area contributed by atoms with E-state index in [4.69, 9.17) is 4.98 Å². The van der Waals surface area contributed by atoms with Gasteiger partial charge in [0, 0.05) is 30.7 Å². The van der Waals surface area contributed by atoms with Crippen LogP contribution in [0.1, 0.15) is 31.0 Å². The van der Waals surface area contributed by atoms with Gasteiger partial charge in [0.2, 0.25) is 5.91 Å². The molecular formula is C23H22N6O. The van der Waals surface area contributed by atoms with E-state index in [9.17, 15) is 4.79 Å². The van der Waals surface area contributed by atoms with Crippen molar-refractivity contribution < 1.29 is 4.79 Å². The molecule has 0 bridgehead atoms. The van der Waals surface area contributed by atoms with E-state index < -0.39 is 0 Å². The number of rotatable bonds is 5. The maximum absolute atomic E-state index is 13.0. The van der Waals surface area contributed by atoms with Crippen molar-refractivity contribution in [1.29, 1.82) is 0 Å². The summed E-state index contributed by atoms with van der Waals surface area (Å²) in [6, 6.07) is 15.6. The first-order valence-corrected chi connectivity index (χ1v) is 10.2. The van der Waals surface area contributed by atoms with Crippen molar-refractivity contribution in [2.75, 3.05) is 6.54 Å². The summed E-state index contributed by atoms with van der Waals surface area (Å²) in [6.45, 7) is 1.32. The Hall–Kier alpha value is -3.61. The first-order valence-electron chi connectivity index (χ1n) is 10.2. The van der Waals surface area contributed by atoms with Crippen LogP contribution in [0.5, 0.6) is 0 Å². The van der Waals surface area contributed by atoms with Gasteiger partial charge in [0.1, 0.15) is 5.69 Å². The molecule has 1 fully saturated rings. The molecule has 0 spiro atoms. The average molecular weight is 398 g/mol. The molecule has 0 aliphatic carbocycles. The largest absolute Gasteiger partial charge is 0.334 e. The number of fused-ring (bicyclic) bond motifs is 1. The van der Waals surface area contributed by atoms with E-state index in [-0.39, 0.29) is 11.9 Å². The van der Waals surface area contributed by atoms with Crippen molar-refractivity contribution in [1.82, 2.24) is 29.6 Å². The molecule has 4 aromatic rings. The van der Waals surface area contributed by atoms with Crippen molar-refractivity contribution in [2.24, 2.45) is 0 Å². The molecule has 1 unspecified atom stereocenters. The summed E-state index contributed by atoms with van der Waals surface area (Å²) in [6.07, 6.45) is 7.64. The number of benzene rings is 1. The van der Waals surface area contributed by atoms with Gasteiger partial charge in [0.25, 0.3) is 0 Å². The van der Waals surface area contributed by atoms with E-state index in [2.05, 4.69) is 15.1 Å². The highest BCUT2D eigenvalue weighted by molar-refractivity contribution is 5.79. The predicted octanol–water partition coefficient (Wildman–Crippen LogP) is 3.64. The van der Waals surface area contributed by atoms with Crippen molar-refractivity contribution >= 4 is 16.8 Å². The fraction of sp³-hybridized carbons (Fsp3) is 0.261. The van der Waals surface area contributed by atoms with Gasteiger partial charge in [-0.3, -0.25) is 14.5 Å². The Morgan fingerprint density at radius 3 is 2.83 bits per heavy atom. The third-order valence-electron chi connectivity index (χ3n) is 5.57. The van der Waals surface area contributed by atoms with Gasteiger partial charge in [-0.25, -0.2) is 9.97 Å². The molecule has 1 aliphatic rings. The molecule has 7 heteroatoms. The van der Waals surface area contributed by atoms with Crippen LogP contribution < -0.4 is 0 Å². The van der Waals surface area contributed by atoms with Crippen LogP contribution in [0.25, 0.3) is 22.4 Å². The summed E-state index contributed by atoms with van der Waals surface area (Å²) < 4.78 is 1.90. The van der Waals surface area contributed by atoms with Gasteiger partial charge in [-0.1, -0.05) is 24.3 Å². The lowest BCUT2D eigenvalue weighted by Gasteiger charge is -2.24. The Balaban J connectivity index is 1.32. The zero-order valence-electron chi connectivity index (χ0n) is 16.6. The molecule has 1 aromatic carbocycles. The molecule has 5 rings (SSSR count). The number of nitrogens with zero attached hydrogens (tertiary/aromatic N) is 6. The maximum atomic E-state index is 13.0. The first kappa shape index (κ1) is 18.4. The molecule has 1 saturated heterocycles. The smallest absolute Gasteiger partial charge is 0.225 e. The van der Waals surface area contributed by atoms with E-state index in [0.29, 0.717) is 18.8 Å². The van der Waals surface area contributed by atoms with Crippen molar-refractivity contribution in [2.45, 2.75) is 31.8 Å². The summed E-state index contributed by atoms with van der Waals surface area (Å²) >= 11 is 0. The van der Waals surface area contributed by atoms with E-state index in [1.54, 1.807) is 12.4 Å². The van der Waals surface area contributed by atoms with Crippen LogP contribution in [0.3, 0.4) is 0 Å². The van der Waals surface area contributed by atoms with Crippen molar-refractivity contribution in [3.05, 3.63) is 72.8 Å². The van der Waals surface area contributed by atoms with E-state index in [1.807, 2.05) is 64.3 Å². The second-order valence-corrected chi connectivity index (χ2v) is 7.44. The molecule has 150 valence electrons. The van der Waals surface area contributed by atoms with Gasteiger partial charge in [0.15, 0.2) is 5.82 Å². The summed E-state index contributed by atoms with van der Waals surface area (Å²) in [5.41, 5.74) is 2.67. The lowest BCUT2D eigenvalue weighted by Crippen LogP contribution is -2.31. The molecule has 0 saturated carbocycles. The minimum atomic E-state index is -0.0164. The van der Waals surface area contributed by atoms with Crippen LogP contribution >= 0.6 is 0 Å². The summed E-state index contributed by atoms with van der Waals surface area (Å²) in [5, 5.41) is 5.52. The molecule has 0 radical (unpaired) electrons. The van der Waals surface area contributed by atoms with E-state index in [1.165, 1.54) is 0 Å². The van der Waals surface area contributed by atoms with Crippen LogP contribution in [0.2, 0.25) is 0 Å². The summed E-state index contributed by atoms with van der Waals surface area (Å²) in [4.78, 5) is 28.4. The first-order chi connectivity index (χ1) is 14.8. The van der Waals surface area contributed by atoms with Gasteiger partial charge in [-0.15, -0.1) is 0 Å². The molecule has 30 heavy (non-hydrogen) atoms. The van der Waals surface area contributed by atoms with Crippen molar-refractivity contribution in [3.63, 3.8) is 0 Å². The lowest BCUT2D eigenvalue weighted by molar-refractivity contribution is -0.132. The minimum Gasteiger partial charge on any atom is -0.334 e. The van der Waals surface area contributed by atoms with Gasteiger partial charge in [-0.2, -0.15) is 5.10 Å². The Kier molecular flexibility index (Phi) is 4.93. The minimum absolute atomic E-state index is 0.0164. The Morgan fingerprint density at radius 1 is 1.03 bits per heavy atom. The molecule has 1 aliphatic heterocycles. The van der Waals surface area contributed by atoms with Crippen molar-refractivity contribution in [3.8, 4) is 11.5 Å². The zero-order chi connectivity index (χ0) is 20.3. The number of likely N-dealkylation sites (tertiary alicyclic amines) is 1. The SMILES string of the molecule is O=C(CCn1ncc2ccccc21)N1CCCC1c1ccnc(-c2ccccn2)n1. The third-order valence-corrected chi connectivity index (χ3v) is 5.57. The topological polar surface area (TPSA) is 76.8 Å². The Labute approximate surface area is 174 Å². The molecule has 1 amide bonds. The van der Waals surface area contributed by atoms with Crippen LogP contribution in [-0.4, -0.2) is 42.1 Å². The van der Waals surface area contributed by atoms with Gasteiger partial charge in [0.05, 0.1) is 30.0 Å².